The van der Waals surface area contributed by atoms with Crippen LogP contribution >= 0.6 is 0 Å². The Balaban J connectivity index is 1.30. The fourth-order valence-corrected chi connectivity index (χ4v) is 3.97. The van der Waals surface area contributed by atoms with Crippen molar-refractivity contribution in [1.29, 1.82) is 0 Å². The van der Waals surface area contributed by atoms with Gasteiger partial charge < -0.3 is 4.90 Å². The van der Waals surface area contributed by atoms with Crippen LogP contribution < -0.4 is 5.56 Å². The van der Waals surface area contributed by atoms with Gasteiger partial charge in [0.05, 0.1) is 17.2 Å². The van der Waals surface area contributed by atoms with E-state index in [2.05, 4.69) is 29.2 Å². The summed E-state index contributed by atoms with van der Waals surface area (Å²) in [5, 5.41) is 0.596. The van der Waals surface area contributed by atoms with Crippen LogP contribution in [0.4, 0.5) is 0 Å². The van der Waals surface area contributed by atoms with Gasteiger partial charge in [-0.1, -0.05) is 42.5 Å². The fourth-order valence-electron chi connectivity index (χ4n) is 3.97. The second kappa shape index (κ2) is 8.38. The number of para-hydroxylation sites is 1. The lowest BCUT2D eigenvalue weighted by molar-refractivity contribution is -0.132. The molecule has 0 saturated carbocycles. The van der Waals surface area contributed by atoms with Crippen LogP contribution in [0.25, 0.3) is 10.9 Å². The molecule has 1 aliphatic heterocycles. The Bertz CT molecular complexity index is 1010. The summed E-state index contributed by atoms with van der Waals surface area (Å²) < 4.78 is 1.54. The number of aryl methyl sites for hydroxylation is 1. The predicted molar refractivity (Wildman–Crippen MR) is 110 cm³/mol. The molecular weight excluding hydrogens is 350 g/mol. The Morgan fingerprint density at radius 2 is 1.71 bits per heavy atom. The third-order valence-corrected chi connectivity index (χ3v) is 5.63. The van der Waals surface area contributed by atoms with Gasteiger partial charge in [-0.25, -0.2) is 4.98 Å². The van der Waals surface area contributed by atoms with E-state index in [4.69, 9.17) is 0 Å². The summed E-state index contributed by atoms with van der Waals surface area (Å²) in [6.07, 6.45) is 5.05. The molecule has 3 aromatic rings. The molecule has 0 atom stereocenters. The zero-order valence-corrected chi connectivity index (χ0v) is 16.0. The first-order valence-electron chi connectivity index (χ1n) is 9.96. The largest absolute Gasteiger partial charge is 0.343 e. The van der Waals surface area contributed by atoms with Gasteiger partial charge in [-0.05, 0) is 42.9 Å². The van der Waals surface area contributed by atoms with E-state index >= 15 is 0 Å². The topological polar surface area (TPSA) is 55.2 Å². The van der Waals surface area contributed by atoms with Crippen molar-refractivity contribution in [3.8, 4) is 0 Å². The van der Waals surface area contributed by atoms with Crippen LogP contribution in [0.1, 0.15) is 24.8 Å². The van der Waals surface area contributed by atoms with Crippen LogP contribution in [0.3, 0.4) is 0 Å². The van der Waals surface area contributed by atoms with E-state index in [0.717, 1.165) is 32.4 Å². The van der Waals surface area contributed by atoms with Crippen LogP contribution in [0.5, 0.6) is 0 Å². The Kier molecular flexibility index (Phi) is 5.51. The van der Waals surface area contributed by atoms with Crippen molar-refractivity contribution < 1.29 is 4.79 Å². The van der Waals surface area contributed by atoms with E-state index < -0.39 is 0 Å². The Morgan fingerprint density at radius 3 is 2.50 bits per heavy atom. The maximum Gasteiger partial charge on any atom is 0.261 e. The number of carbonyl (C=O) groups excluding carboxylic acids is 1. The van der Waals surface area contributed by atoms with Crippen molar-refractivity contribution in [2.75, 3.05) is 13.1 Å². The number of aromatic nitrogens is 2. The fraction of sp³-hybridized carbons (Fsp3) is 0.348. The minimum atomic E-state index is -0.0834. The van der Waals surface area contributed by atoms with Crippen LogP contribution in [-0.2, 0) is 17.8 Å². The highest BCUT2D eigenvalue weighted by Crippen LogP contribution is 2.22. The SMILES string of the molecule is O=C(CCn1cnc2ccccc2c1=O)N1CCC(Cc2ccccc2)CC1. The smallest absolute Gasteiger partial charge is 0.261 e. The number of nitrogens with zero attached hydrogens (tertiary/aromatic N) is 3. The number of benzene rings is 2. The van der Waals surface area contributed by atoms with E-state index in [1.165, 1.54) is 5.56 Å². The van der Waals surface area contributed by atoms with E-state index in [1.807, 2.05) is 29.2 Å². The Hall–Kier alpha value is -2.95. The summed E-state index contributed by atoms with van der Waals surface area (Å²) in [4.78, 5) is 31.4. The lowest BCUT2D eigenvalue weighted by atomic mass is 9.90. The number of fused-ring (bicyclic) bond motifs is 1. The number of amides is 1. The van der Waals surface area contributed by atoms with E-state index in [9.17, 15) is 9.59 Å². The van der Waals surface area contributed by atoms with Crippen LogP contribution in [0, 0.1) is 5.92 Å². The third kappa shape index (κ3) is 4.14. The molecular formula is C23H25N3O2. The molecule has 1 aliphatic rings. The molecule has 5 heteroatoms. The van der Waals surface area contributed by atoms with Crippen molar-refractivity contribution >= 4 is 16.8 Å². The van der Waals surface area contributed by atoms with Crippen LogP contribution in [-0.4, -0.2) is 33.4 Å². The Morgan fingerprint density at radius 1 is 1.00 bits per heavy atom. The van der Waals surface area contributed by atoms with Gasteiger partial charge in [-0.15, -0.1) is 0 Å². The molecule has 1 amide bonds. The summed E-state index contributed by atoms with van der Waals surface area (Å²) in [6, 6.07) is 17.9. The minimum absolute atomic E-state index is 0.0834. The molecule has 0 unspecified atom stereocenters. The molecule has 0 bridgehead atoms. The number of carbonyl (C=O) groups is 1. The first-order chi connectivity index (χ1) is 13.7. The van der Waals surface area contributed by atoms with Crippen molar-refractivity contribution in [3.05, 3.63) is 76.8 Å². The molecule has 2 heterocycles. The first-order valence-corrected chi connectivity index (χ1v) is 9.96. The standard InChI is InChI=1S/C23H25N3O2/c27-22(12-15-26-17-24-21-9-5-4-8-20(21)23(26)28)25-13-10-19(11-14-25)16-18-6-2-1-3-7-18/h1-9,17,19H,10-16H2. The summed E-state index contributed by atoms with van der Waals surface area (Å²) in [5.74, 6) is 0.761. The average molecular weight is 375 g/mol. The van der Waals surface area contributed by atoms with Gasteiger partial charge in [0.1, 0.15) is 0 Å². The van der Waals surface area contributed by atoms with E-state index in [0.29, 0.717) is 29.8 Å². The maximum absolute atomic E-state index is 12.6. The molecule has 2 aromatic carbocycles. The highest BCUT2D eigenvalue weighted by atomic mass is 16.2. The number of rotatable bonds is 5. The quantitative estimate of drug-likeness (QED) is 0.688. The molecule has 0 radical (unpaired) electrons. The van der Waals surface area contributed by atoms with Crippen LogP contribution in [0.15, 0.2) is 65.7 Å². The summed E-state index contributed by atoms with van der Waals surface area (Å²) in [6.45, 7) is 1.99. The van der Waals surface area contributed by atoms with Crippen molar-refractivity contribution in [2.24, 2.45) is 5.92 Å². The van der Waals surface area contributed by atoms with Gasteiger partial charge in [0.15, 0.2) is 0 Å². The lowest BCUT2D eigenvalue weighted by Gasteiger charge is -2.32. The molecule has 5 nitrogen and oxygen atoms in total. The molecule has 0 spiro atoms. The van der Waals surface area contributed by atoms with Crippen molar-refractivity contribution in [2.45, 2.75) is 32.2 Å². The second-order valence-corrected chi connectivity index (χ2v) is 7.52. The molecule has 144 valence electrons. The summed E-state index contributed by atoms with van der Waals surface area (Å²) in [5.41, 5.74) is 1.98. The normalized spacial score (nSPS) is 15.1. The van der Waals surface area contributed by atoms with Gasteiger partial charge in [0.2, 0.25) is 5.91 Å². The number of hydrogen-bond acceptors (Lipinski definition) is 3. The molecule has 1 fully saturated rings. The first kappa shape index (κ1) is 18.4. The minimum Gasteiger partial charge on any atom is -0.343 e. The molecule has 0 aliphatic carbocycles. The van der Waals surface area contributed by atoms with Gasteiger partial charge in [-0.2, -0.15) is 0 Å². The average Bonchev–Trinajstić information content (AvgIpc) is 2.74. The summed E-state index contributed by atoms with van der Waals surface area (Å²) in [7, 11) is 0. The third-order valence-electron chi connectivity index (χ3n) is 5.63. The zero-order chi connectivity index (χ0) is 19.3. The van der Waals surface area contributed by atoms with Crippen LogP contribution in [0.2, 0.25) is 0 Å². The van der Waals surface area contributed by atoms with Gasteiger partial charge >= 0.3 is 0 Å². The monoisotopic (exact) mass is 375 g/mol. The predicted octanol–water partition coefficient (Wildman–Crippen LogP) is 3.27. The van der Waals surface area contributed by atoms with Gasteiger partial charge in [0.25, 0.3) is 5.56 Å². The van der Waals surface area contributed by atoms with Gasteiger partial charge in [-0.3, -0.25) is 14.2 Å². The molecule has 1 aromatic heterocycles. The summed E-state index contributed by atoms with van der Waals surface area (Å²) >= 11 is 0. The molecule has 4 rings (SSSR count). The Labute approximate surface area is 164 Å². The number of piperidine rings is 1. The molecule has 0 N–H and O–H groups in total. The molecule has 1 saturated heterocycles. The number of hydrogen-bond donors (Lipinski definition) is 0. The van der Waals surface area contributed by atoms with Crippen molar-refractivity contribution in [3.63, 3.8) is 0 Å². The number of likely N-dealkylation sites (tertiary alicyclic amines) is 1. The highest BCUT2D eigenvalue weighted by molar-refractivity contribution is 5.77. The highest BCUT2D eigenvalue weighted by Gasteiger charge is 2.22. The maximum atomic E-state index is 12.6. The lowest BCUT2D eigenvalue weighted by Crippen LogP contribution is -2.39. The van der Waals surface area contributed by atoms with Crippen molar-refractivity contribution in [1.82, 2.24) is 14.5 Å². The molecule has 28 heavy (non-hydrogen) atoms. The second-order valence-electron chi connectivity index (χ2n) is 7.52. The zero-order valence-electron chi connectivity index (χ0n) is 16.0. The van der Waals surface area contributed by atoms with E-state index in [-0.39, 0.29) is 11.5 Å². The van der Waals surface area contributed by atoms with E-state index in [1.54, 1.807) is 17.0 Å². The van der Waals surface area contributed by atoms with Gasteiger partial charge in [0, 0.05) is 26.1 Å².